The lowest BCUT2D eigenvalue weighted by atomic mass is 10.1. The van der Waals surface area contributed by atoms with E-state index in [2.05, 4.69) is 17.1 Å². The molecule has 8 nitrogen and oxygen atoms in total. The fraction of sp³-hybridized carbons (Fsp3) is 0.0667. The summed E-state index contributed by atoms with van der Waals surface area (Å²) in [5.74, 6) is 0.616. The monoisotopic (exact) mass is 312 g/mol. The van der Waals surface area contributed by atoms with Gasteiger partial charge in [-0.2, -0.15) is 9.84 Å². The number of nitrogens with zero attached hydrogens (tertiary/aromatic N) is 3. The summed E-state index contributed by atoms with van der Waals surface area (Å²) < 4.78 is 6.11. The molecular weight excluding hydrogens is 300 g/mol. The maximum Gasteiger partial charge on any atom is 0.344 e. The second-order valence-electron chi connectivity index (χ2n) is 4.78. The maximum atomic E-state index is 11.3. The van der Waals surface area contributed by atoms with Crippen molar-refractivity contribution in [3.63, 3.8) is 0 Å². The molecule has 0 aliphatic carbocycles. The number of rotatable bonds is 4. The molecule has 0 atom stereocenters. The lowest BCUT2D eigenvalue weighted by Crippen LogP contribution is -2.24. The number of imide groups is 1. The molecule has 2 aromatic rings. The Morgan fingerprint density at radius 3 is 2.61 bits per heavy atom. The van der Waals surface area contributed by atoms with Crippen LogP contribution in [0.3, 0.4) is 0 Å². The number of carbonyl (C=O) groups is 2. The number of furan rings is 1. The summed E-state index contributed by atoms with van der Waals surface area (Å²) in [5.41, 5.74) is 1.22. The normalized spacial score (nSPS) is 14.5. The Kier molecular flexibility index (Phi) is 3.63. The SMILES string of the molecule is C=[N+]([O-])c1ccc(-c2ccc(/C=N/N3CC(=O)NC3=O)o2)cc1. The van der Waals surface area contributed by atoms with Gasteiger partial charge in [0.05, 0.1) is 6.21 Å². The van der Waals surface area contributed by atoms with Gasteiger partial charge in [0.2, 0.25) is 11.6 Å². The number of nitrogens with one attached hydrogen (secondary N) is 1. The van der Waals surface area contributed by atoms with Crippen LogP contribution >= 0.6 is 0 Å². The fourth-order valence-corrected chi connectivity index (χ4v) is 2.02. The fourth-order valence-electron chi connectivity index (χ4n) is 2.02. The third-order valence-corrected chi connectivity index (χ3v) is 3.17. The van der Waals surface area contributed by atoms with Gasteiger partial charge in [-0.25, -0.2) is 9.80 Å². The molecule has 0 spiro atoms. The molecule has 1 aliphatic rings. The van der Waals surface area contributed by atoms with E-state index >= 15 is 0 Å². The zero-order chi connectivity index (χ0) is 16.4. The lowest BCUT2D eigenvalue weighted by Gasteiger charge is -2.03. The van der Waals surface area contributed by atoms with E-state index < -0.39 is 11.9 Å². The predicted octanol–water partition coefficient (Wildman–Crippen LogP) is 1.67. The first-order chi connectivity index (χ1) is 11.0. The average molecular weight is 312 g/mol. The topological polar surface area (TPSA) is 101 Å². The predicted molar refractivity (Wildman–Crippen MR) is 82.4 cm³/mol. The average Bonchev–Trinajstić information content (AvgIpc) is 3.11. The van der Waals surface area contributed by atoms with Gasteiger partial charge in [0.15, 0.2) is 0 Å². The van der Waals surface area contributed by atoms with Gasteiger partial charge in [-0.15, -0.1) is 0 Å². The third kappa shape index (κ3) is 3.10. The molecule has 1 aliphatic heterocycles. The molecule has 2 heterocycles. The van der Waals surface area contributed by atoms with Crippen molar-refractivity contribution in [3.8, 4) is 11.3 Å². The number of urea groups is 1. The number of benzene rings is 1. The van der Waals surface area contributed by atoms with Crippen LogP contribution in [0.2, 0.25) is 0 Å². The highest BCUT2D eigenvalue weighted by atomic mass is 16.5. The lowest BCUT2D eigenvalue weighted by molar-refractivity contribution is -0.349. The van der Waals surface area contributed by atoms with Gasteiger partial charge in [-0.1, -0.05) is 0 Å². The Morgan fingerprint density at radius 2 is 2.00 bits per heavy atom. The van der Waals surface area contributed by atoms with Crippen LogP contribution in [0.1, 0.15) is 5.76 Å². The van der Waals surface area contributed by atoms with Crippen molar-refractivity contribution in [1.29, 1.82) is 0 Å². The minimum Gasteiger partial charge on any atom is -0.619 e. The molecule has 1 N–H and O–H groups in total. The largest absolute Gasteiger partial charge is 0.619 e. The van der Waals surface area contributed by atoms with E-state index in [1.54, 1.807) is 36.4 Å². The molecule has 0 bridgehead atoms. The molecule has 0 radical (unpaired) electrons. The van der Waals surface area contributed by atoms with E-state index in [0.29, 0.717) is 21.9 Å². The minimum atomic E-state index is -0.566. The Balaban J connectivity index is 1.74. The van der Waals surface area contributed by atoms with Gasteiger partial charge in [0, 0.05) is 17.7 Å². The smallest absolute Gasteiger partial charge is 0.344 e. The van der Waals surface area contributed by atoms with Gasteiger partial charge in [0.25, 0.3) is 0 Å². The Morgan fingerprint density at radius 1 is 1.26 bits per heavy atom. The minimum absolute atomic E-state index is 0.110. The first-order valence-corrected chi connectivity index (χ1v) is 6.66. The molecule has 8 heteroatoms. The van der Waals surface area contributed by atoms with Crippen LogP contribution in [0, 0.1) is 5.21 Å². The second kappa shape index (κ2) is 5.76. The number of carbonyl (C=O) groups excluding carboxylic acids is 2. The van der Waals surface area contributed by atoms with Crippen LogP contribution in [-0.4, -0.2) is 41.2 Å². The van der Waals surface area contributed by atoms with Crippen molar-refractivity contribution in [1.82, 2.24) is 10.3 Å². The van der Waals surface area contributed by atoms with Crippen LogP contribution in [0.4, 0.5) is 10.5 Å². The van der Waals surface area contributed by atoms with E-state index in [9.17, 15) is 14.8 Å². The Bertz CT molecular complexity index is 807. The standard InChI is InChI=1S/C15H12N4O4/c1-18(22)11-4-2-10(3-5-11)13-7-6-12(23-13)8-16-19-9-14(20)17-15(19)21/h2-8H,1,9H2,(H,17,20,21)/b16-8+. The van der Waals surface area contributed by atoms with Gasteiger partial charge in [-0.3, -0.25) is 10.1 Å². The molecule has 23 heavy (non-hydrogen) atoms. The summed E-state index contributed by atoms with van der Waals surface area (Å²) in [4.78, 5) is 22.4. The molecule has 0 saturated carbocycles. The van der Waals surface area contributed by atoms with E-state index in [1.165, 1.54) is 6.21 Å². The highest BCUT2D eigenvalue weighted by Gasteiger charge is 2.26. The highest BCUT2D eigenvalue weighted by molar-refractivity contribution is 6.02. The van der Waals surface area contributed by atoms with Crippen LogP contribution in [-0.2, 0) is 4.79 Å². The van der Waals surface area contributed by atoms with Crippen molar-refractivity contribution in [3.05, 3.63) is 47.4 Å². The first kappa shape index (κ1) is 14.5. The number of amides is 3. The summed E-state index contributed by atoms with van der Waals surface area (Å²) in [6.45, 7) is 3.15. The molecule has 1 saturated heterocycles. The molecule has 3 amide bonds. The summed E-state index contributed by atoms with van der Waals surface area (Å²) in [6, 6.07) is 9.59. The quantitative estimate of drug-likeness (QED) is 0.305. The van der Waals surface area contributed by atoms with Crippen LogP contribution in [0.15, 0.2) is 45.9 Å². The van der Waals surface area contributed by atoms with Gasteiger partial charge in [-0.05, 0) is 24.3 Å². The van der Waals surface area contributed by atoms with Crippen molar-refractivity contribution < 1.29 is 18.7 Å². The van der Waals surface area contributed by atoms with Crippen molar-refractivity contribution in [2.24, 2.45) is 5.10 Å². The highest BCUT2D eigenvalue weighted by Crippen LogP contribution is 2.24. The van der Waals surface area contributed by atoms with Crippen LogP contribution in [0.25, 0.3) is 11.3 Å². The van der Waals surface area contributed by atoms with Gasteiger partial charge in [0.1, 0.15) is 24.8 Å². The maximum absolute atomic E-state index is 11.3. The second-order valence-corrected chi connectivity index (χ2v) is 4.78. The molecule has 1 fully saturated rings. The first-order valence-electron chi connectivity index (χ1n) is 6.66. The molecule has 1 aromatic carbocycles. The van der Waals surface area contributed by atoms with E-state index in [1.807, 2.05) is 0 Å². The molecular formula is C15H12N4O4. The van der Waals surface area contributed by atoms with E-state index in [4.69, 9.17) is 4.42 Å². The molecule has 3 rings (SSSR count). The Hall–Kier alpha value is -3.42. The van der Waals surface area contributed by atoms with Gasteiger partial charge < -0.3 is 9.62 Å². The van der Waals surface area contributed by atoms with E-state index in [0.717, 1.165) is 10.6 Å². The van der Waals surface area contributed by atoms with Crippen molar-refractivity contribution >= 4 is 30.6 Å². The van der Waals surface area contributed by atoms with Gasteiger partial charge >= 0.3 is 6.03 Å². The molecule has 0 unspecified atom stereocenters. The van der Waals surface area contributed by atoms with Crippen LogP contribution in [0.5, 0.6) is 0 Å². The zero-order valence-corrected chi connectivity index (χ0v) is 11.9. The number of hydrogen-bond acceptors (Lipinski definition) is 5. The van der Waals surface area contributed by atoms with Crippen molar-refractivity contribution in [2.45, 2.75) is 0 Å². The third-order valence-electron chi connectivity index (χ3n) is 3.17. The number of hydrazone groups is 1. The summed E-state index contributed by atoms with van der Waals surface area (Å²) in [5, 5.41) is 18.1. The molecule has 116 valence electrons. The zero-order valence-electron chi connectivity index (χ0n) is 11.9. The van der Waals surface area contributed by atoms with Crippen LogP contribution < -0.4 is 5.32 Å². The summed E-state index contributed by atoms with van der Waals surface area (Å²) in [7, 11) is 0. The summed E-state index contributed by atoms with van der Waals surface area (Å²) in [6.07, 6.45) is 1.35. The molecule has 1 aromatic heterocycles. The van der Waals surface area contributed by atoms with E-state index in [-0.39, 0.29) is 6.54 Å². The van der Waals surface area contributed by atoms with Crippen molar-refractivity contribution in [2.75, 3.05) is 6.54 Å². The number of hydrogen-bond donors (Lipinski definition) is 1. The Labute approximate surface area is 130 Å². The summed E-state index contributed by atoms with van der Waals surface area (Å²) >= 11 is 0.